The molecule has 0 aromatic heterocycles. The molecule has 1 N–H and O–H groups in total. The lowest BCUT2D eigenvalue weighted by Gasteiger charge is -2.30. The molecule has 0 saturated heterocycles. The van der Waals surface area contributed by atoms with Crippen LogP contribution in [0.25, 0.3) is 0 Å². The Hall–Kier alpha value is -2.81. The normalized spacial score (nSPS) is 14.1. The predicted molar refractivity (Wildman–Crippen MR) is 353 cm³/mol. The Bertz CT molecular complexity index is 1680. The van der Waals surface area contributed by atoms with Crippen molar-refractivity contribution in [3.05, 3.63) is 85.1 Å². The average Bonchev–Trinajstić information content (AvgIpc) is 3.44. The summed E-state index contributed by atoms with van der Waals surface area (Å²) in [6.07, 6.45) is 81.2. The third-order valence-electron chi connectivity index (χ3n) is 15.0. The third kappa shape index (κ3) is 61.7. The van der Waals surface area contributed by atoms with Crippen molar-refractivity contribution in [1.82, 2.24) is 5.32 Å². The highest BCUT2D eigenvalue weighted by Crippen LogP contribution is 2.38. The van der Waals surface area contributed by atoms with Crippen LogP contribution < -0.4 is 10.2 Å². The van der Waals surface area contributed by atoms with Gasteiger partial charge in [0.15, 0.2) is 0 Å². The molecule has 1 amide bonds. The van der Waals surface area contributed by atoms with Crippen molar-refractivity contribution < 1.29 is 37.3 Å². The van der Waals surface area contributed by atoms with E-state index in [1.165, 1.54) is 173 Å². The highest BCUT2D eigenvalue weighted by Gasteiger charge is 2.27. The van der Waals surface area contributed by atoms with Crippen molar-refractivity contribution in [2.24, 2.45) is 0 Å². The van der Waals surface area contributed by atoms with Crippen LogP contribution in [0.15, 0.2) is 85.1 Å². The summed E-state index contributed by atoms with van der Waals surface area (Å²) >= 11 is 0. The Morgan fingerprint density at radius 2 is 0.744 bits per heavy atom. The standard InChI is InChI=1S/C72H131N2O7P/c1-7-10-13-16-19-22-25-28-30-32-34-36-37-39-41-43-45-47-50-53-56-59-62-65-72(76)81-70(63-60-57-54-51-48-27-24-21-18-15-12-9-3)69(68-80-82(77,78)79-67-66-74(4,5)6)73-71(75)64-61-58-55-52-49-46-44-42-40-38-35-33-31-29-26-23-20-17-14-11-8-2/h19-20,22-23,28-31,35,38,42,44,60,63,69-70H,7-18,21,24-27,32-34,36-37,39-41,43,45-59,61-62,64-68H2,1-6H3,(H-,73,75,77,78)/b22-19-,23-20-,30-28-,31-29-,38-35-,44-42-,63-60+. The van der Waals surface area contributed by atoms with Gasteiger partial charge >= 0.3 is 5.97 Å². The molecule has 10 heteroatoms. The van der Waals surface area contributed by atoms with Gasteiger partial charge < -0.3 is 28.5 Å². The van der Waals surface area contributed by atoms with E-state index >= 15 is 0 Å². The number of phosphoric acid groups is 1. The van der Waals surface area contributed by atoms with Crippen LogP contribution in [-0.4, -0.2) is 69.4 Å². The summed E-state index contributed by atoms with van der Waals surface area (Å²) in [6, 6.07) is -0.903. The number of nitrogens with one attached hydrogen (secondary N) is 1. The lowest BCUT2D eigenvalue weighted by Crippen LogP contribution is -2.47. The average molecular weight is 1170 g/mol. The Kier molecular flexibility index (Phi) is 59.2. The number of quaternary nitrogens is 1. The zero-order valence-electron chi connectivity index (χ0n) is 54.4. The lowest BCUT2D eigenvalue weighted by atomic mass is 10.0. The molecule has 0 aliphatic heterocycles. The maximum absolute atomic E-state index is 13.6. The van der Waals surface area contributed by atoms with Crippen LogP contribution in [0.5, 0.6) is 0 Å². The summed E-state index contributed by atoms with van der Waals surface area (Å²) in [4.78, 5) is 40.1. The smallest absolute Gasteiger partial charge is 0.306 e. The molecule has 0 aromatic rings. The highest BCUT2D eigenvalue weighted by atomic mass is 31.2. The fourth-order valence-electron chi connectivity index (χ4n) is 9.71. The van der Waals surface area contributed by atoms with Crippen molar-refractivity contribution >= 4 is 19.7 Å². The van der Waals surface area contributed by atoms with Crippen molar-refractivity contribution in [3.63, 3.8) is 0 Å². The maximum atomic E-state index is 13.6. The number of esters is 1. The summed E-state index contributed by atoms with van der Waals surface area (Å²) in [6.45, 7) is 6.79. The molecular weight excluding hydrogens is 1040 g/mol. The fraction of sp³-hybridized carbons (Fsp3) is 0.778. The maximum Gasteiger partial charge on any atom is 0.306 e. The molecule has 3 atom stereocenters. The number of carbonyl (C=O) groups is 2. The number of nitrogens with zero attached hydrogens (tertiary/aromatic N) is 1. The number of rotatable bonds is 62. The van der Waals surface area contributed by atoms with E-state index in [9.17, 15) is 19.0 Å². The highest BCUT2D eigenvalue weighted by molar-refractivity contribution is 7.45. The number of hydrogen-bond acceptors (Lipinski definition) is 7. The Morgan fingerprint density at radius 3 is 1.13 bits per heavy atom. The molecule has 476 valence electrons. The quantitative estimate of drug-likeness (QED) is 0.0212. The Morgan fingerprint density at radius 1 is 0.427 bits per heavy atom. The van der Waals surface area contributed by atoms with E-state index in [4.69, 9.17) is 13.8 Å². The Balaban J connectivity index is 5.16. The monoisotopic (exact) mass is 1170 g/mol. The second-order valence-electron chi connectivity index (χ2n) is 24.3. The van der Waals surface area contributed by atoms with Crippen molar-refractivity contribution in [2.75, 3.05) is 40.9 Å². The predicted octanol–water partition coefficient (Wildman–Crippen LogP) is 21.1. The molecule has 9 nitrogen and oxygen atoms in total. The van der Waals surface area contributed by atoms with Gasteiger partial charge in [0.2, 0.25) is 5.91 Å². The van der Waals surface area contributed by atoms with E-state index < -0.39 is 26.6 Å². The molecule has 0 bridgehead atoms. The number of ether oxygens (including phenoxy) is 1. The van der Waals surface area contributed by atoms with Gasteiger partial charge in [0.05, 0.1) is 33.8 Å². The molecule has 0 fully saturated rings. The minimum atomic E-state index is -4.71. The van der Waals surface area contributed by atoms with Crippen LogP contribution in [0.4, 0.5) is 0 Å². The van der Waals surface area contributed by atoms with E-state index in [0.29, 0.717) is 23.9 Å². The van der Waals surface area contributed by atoms with Gasteiger partial charge in [0.1, 0.15) is 19.3 Å². The number of unbranched alkanes of at least 4 members (excludes halogenated alkanes) is 34. The minimum absolute atomic E-state index is 0.0290. The molecule has 0 aliphatic carbocycles. The van der Waals surface area contributed by atoms with Gasteiger partial charge in [0.25, 0.3) is 7.82 Å². The van der Waals surface area contributed by atoms with Gasteiger partial charge in [-0.05, 0) is 109 Å². The van der Waals surface area contributed by atoms with E-state index in [0.717, 1.165) is 96.3 Å². The van der Waals surface area contributed by atoms with Crippen LogP contribution >= 0.6 is 7.82 Å². The fourth-order valence-corrected chi connectivity index (χ4v) is 10.4. The minimum Gasteiger partial charge on any atom is -0.756 e. The van der Waals surface area contributed by atoms with Gasteiger partial charge in [0, 0.05) is 12.8 Å². The molecule has 0 aromatic carbocycles. The number of hydrogen-bond donors (Lipinski definition) is 1. The summed E-state index contributed by atoms with van der Waals surface area (Å²) in [7, 11) is 1.17. The van der Waals surface area contributed by atoms with E-state index in [2.05, 4.69) is 99.0 Å². The van der Waals surface area contributed by atoms with E-state index in [1.54, 1.807) is 0 Å². The van der Waals surface area contributed by atoms with Gasteiger partial charge in [-0.2, -0.15) is 0 Å². The first-order valence-electron chi connectivity index (χ1n) is 34.4. The number of carbonyl (C=O) groups excluding carboxylic acids is 2. The summed E-state index contributed by atoms with van der Waals surface area (Å²) < 4.78 is 30.4. The molecule has 82 heavy (non-hydrogen) atoms. The van der Waals surface area contributed by atoms with Crippen molar-refractivity contribution in [1.29, 1.82) is 0 Å². The number of allylic oxidation sites excluding steroid dienone is 13. The molecule has 0 radical (unpaired) electrons. The van der Waals surface area contributed by atoms with Crippen LogP contribution in [-0.2, 0) is 27.9 Å². The molecule has 0 rings (SSSR count). The van der Waals surface area contributed by atoms with Gasteiger partial charge in [-0.15, -0.1) is 0 Å². The van der Waals surface area contributed by atoms with Crippen LogP contribution in [0.3, 0.4) is 0 Å². The summed E-state index contributed by atoms with van der Waals surface area (Å²) in [5.74, 6) is -0.558. The SMILES string of the molecule is CCCCC/C=C\C/C=C\C/C=C\C/C=C\CCCCCCCC(=O)NC(COP(=O)([O-])OCC[N+](C)(C)C)C(/C=C/CCCCCCCCCCCC)OC(=O)CCCCCCCCCCCCCCC/C=C\C/C=C\CCCCC. The largest absolute Gasteiger partial charge is 0.756 e. The van der Waals surface area contributed by atoms with E-state index in [1.807, 2.05) is 33.3 Å². The molecule has 3 unspecified atom stereocenters. The molecular formula is C72H131N2O7P. The van der Waals surface area contributed by atoms with Gasteiger partial charge in [-0.3, -0.25) is 14.2 Å². The molecule has 0 heterocycles. The number of phosphoric ester groups is 1. The first-order chi connectivity index (χ1) is 39.9. The van der Waals surface area contributed by atoms with Gasteiger partial charge in [-0.1, -0.05) is 273 Å². The first kappa shape index (κ1) is 79.2. The van der Waals surface area contributed by atoms with E-state index in [-0.39, 0.29) is 24.9 Å². The number of likely N-dealkylation sites (N-methyl/N-ethyl adjacent to an activating group) is 1. The zero-order chi connectivity index (χ0) is 60.0. The van der Waals surface area contributed by atoms with Crippen LogP contribution in [0, 0.1) is 0 Å². The molecule has 0 saturated carbocycles. The van der Waals surface area contributed by atoms with Crippen molar-refractivity contribution in [2.45, 2.75) is 322 Å². The Labute approximate surface area is 507 Å². The topological polar surface area (TPSA) is 114 Å². The summed E-state index contributed by atoms with van der Waals surface area (Å²) in [5.41, 5.74) is 0. The summed E-state index contributed by atoms with van der Waals surface area (Å²) in [5, 5.41) is 3.03. The van der Waals surface area contributed by atoms with Gasteiger partial charge in [-0.25, -0.2) is 0 Å². The first-order valence-corrected chi connectivity index (χ1v) is 35.9. The third-order valence-corrected chi connectivity index (χ3v) is 16.0. The molecule has 0 spiro atoms. The number of amides is 1. The second-order valence-corrected chi connectivity index (χ2v) is 25.7. The zero-order valence-corrected chi connectivity index (χ0v) is 55.3. The van der Waals surface area contributed by atoms with Crippen LogP contribution in [0.1, 0.15) is 310 Å². The lowest BCUT2D eigenvalue weighted by molar-refractivity contribution is -0.870. The molecule has 0 aliphatic rings. The van der Waals surface area contributed by atoms with Crippen LogP contribution in [0.2, 0.25) is 0 Å². The second kappa shape index (κ2) is 61.3. The van der Waals surface area contributed by atoms with Crippen molar-refractivity contribution in [3.8, 4) is 0 Å².